The summed E-state index contributed by atoms with van der Waals surface area (Å²) in [7, 11) is 0. The van der Waals surface area contributed by atoms with Gasteiger partial charge in [0, 0.05) is 29.8 Å². The van der Waals surface area contributed by atoms with Gasteiger partial charge in [0.05, 0.1) is 5.39 Å². The lowest BCUT2D eigenvalue weighted by Gasteiger charge is -2.07. The fourth-order valence-electron chi connectivity index (χ4n) is 2.59. The maximum absolute atomic E-state index is 12.2. The summed E-state index contributed by atoms with van der Waals surface area (Å²) >= 11 is 1.49. The third-order valence-electron chi connectivity index (χ3n) is 4.14. The van der Waals surface area contributed by atoms with Crippen LogP contribution in [0.4, 0.5) is 0 Å². The Morgan fingerprint density at radius 2 is 2.08 bits per heavy atom. The molecule has 0 aliphatic heterocycles. The maximum atomic E-state index is 12.2. The van der Waals surface area contributed by atoms with Crippen LogP contribution < -0.4 is 10.9 Å². The topological polar surface area (TPSA) is 95.1 Å². The fourth-order valence-corrected chi connectivity index (χ4v) is 3.64. The summed E-state index contributed by atoms with van der Waals surface area (Å²) < 4.78 is 0. The van der Waals surface area contributed by atoms with Crippen molar-refractivity contribution < 1.29 is 9.90 Å². The minimum absolute atomic E-state index is 0.155. The summed E-state index contributed by atoms with van der Waals surface area (Å²) in [5.41, 5.74) is 1.46. The number of nitrogens with one attached hydrogen (secondary N) is 2. The number of aromatic hydroxyl groups is 1. The van der Waals surface area contributed by atoms with Gasteiger partial charge in [0.25, 0.3) is 5.56 Å². The van der Waals surface area contributed by atoms with Gasteiger partial charge in [0.1, 0.15) is 16.4 Å². The van der Waals surface area contributed by atoms with E-state index in [1.807, 2.05) is 13.8 Å². The molecule has 1 aromatic carbocycles. The van der Waals surface area contributed by atoms with Crippen LogP contribution in [0, 0.1) is 13.8 Å². The van der Waals surface area contributed by atoms with E-state index in [1.54, 1.807) is 24.3 Å². The molecule has 3 N–H and O–H groups in total. The number of aromatic amines is 1. The van der Waals surface area contributed by atoms with Crippen molar-refractivity contribution in [2.24, 2.45) is 0 Å². The molecule has 0 bridgehead atoms. The average molecular weight is 357 g/mol. The van der Waals surface area contributed by atoms with Crippen molar-refractivity contribution in [3.05, 3.63) is 56.4 Å². The van der Waals surface area contributed by atoms with Crippen molar-refractivity contribution >= 4 is 27.5 Å². The molecule has 2 aromatic heterocycles. The zero-order valence-corrected chi connectivity index (χ0v) is 14.9. The average Bonchev–Trinajstić information content (AvgIpc) is 2.87. The lowest BCUT2D eigenvalue weighted by molar-refractivity contribution is -0.121. The first-order chi connectivity index (χ1) is 12.0. The highest BCUT2D eigenvalue weighted by molar-refractivity contribution is 7.18. The van der Waals surface area contributed by atoms with E-state index in [0.717, 1.165) is 10.4 Å². The van der Waals surface area contributed by atoms with Crippen molar-refractivity contribution in [1.29, 1.82) is 0 Å². The van der Waals surface area contributed by atoms with Crippen LogP contribution in [0.25, 0.3) is 10.2 Å². The number of aryl methyl sites for hydroxylation is 3. The van der Waals surface area contributed by atoms with E-state index in [0.29, 0.717) is 28.0 Å². The molecule has 3 aromatic rings. The molecule has 0 fully saturated rings. The number of amides is 1. The number of rotatable bonds is 5. The van der Waals surface area contributed by atoms with Crippen LogP contribution in [0.3, 0.4) is 0 Å². The Bertz CT molecular complexity index is 991. The van der Waals surface area contributed by atoms with Crippen LogP contribution in [0.15, 0.2) is 29.1 Å². The highest BCUT2D eigenvalue weighted by Gasteiger charge is 2.12. The lowest BCUT2D eigenvalue weighted by atomic mass is 10.2. The molecule has 0 spiro atoms. The number of H-pyrrole nitrogens is 1. The predicted molar refractivity (Wildman–Crippen MR) is 98.0 cm³/mol. The molecule has 0 unspecified atom stereocenters. The van der Waals surface area contributed by atoms with Crippen molar-refractivity contribution in [3.63, 3.8) is 0 Å². The standard InChI is InChI=1S/C18H19N3O3S/c1-10-11(2)25-18-16(10)17(24)20-14(21-18)7-8-15(23)19-9-12-5-3-4-6-13(12)22/h3-6,22H,7-9H2,1-2H3,(H,19,23)(H,20,21,24). The second-order valence-electron chi connectivity index (χ2n) is 5.88. The predicted octanol–water partition coefficient (Wildman–Crippen LogP) is 2.56. The molecular formula is C18H19N3O3S. The van der Waals surface area contributed by atoms with Crippen LogP contribution in [-0.4, -0.2) is 21.0 Å². The molecule has 0 saturated carbocycles. The van der Waals surface area contributed by atoms with Crippen LogP contribution in [0.5, 0.6) is 5.75 Å². The summed E-state index contributed by atoms with van der Waals surface area (Å²) in [4.78, 5) is 33.2. The van der Waals surface area contributed by atoms with E-state index in [9.17, 15) is 14.7 Å². The van der Waals surface area contributed by atoms with E-state index in [2.05, 4.69) is 15.3 Å². The number of carbonyl (C=O) groups excluding carboxylic acids is 1. The van der Waals surface area contributed by atoms with Crippen LogP contribution >= 0.6 is 11.3 Å². The van der Waals surface area contributed by atoms with Gasteiger partial charge in [-0.25, -0.2) is 4.98 Å². The molecule has 130 valence electrons. The lowest BCUT2D eigenvalue weighted by Crippen LogP contribution is -2.23. The second-order valence-corrected chi connectivity index (χ2v) is 7.08. The Hall–Kier alpha value is -2.67. The number of thiophene rings is 1. The van der Waals surface area contributed by atoms with Gasteiger partial charge in [-0.3, -0.25) is 9.59 Å². The molecule has 25 heavy (non-hydrogen) atoms. The molecule has 7 heteroatoms. The largest absolute Gasteiger partial charge is 0.508 e. The molecule has 0 radical (unpaired) electrons. The van der Waals surface area contributed by atoms with Gasteiger partial charge in [-0.05, 0) is 25.5 Å². The van der Waals surface area contributed by atoms with E-state index < -0.39 is 0 Å². The van der Waals surface area contributed by atoms with E-state index >= 15 is 0 Å². The molecular weight excluding hydrogens is 338 g/mol. The summed E-state index contributed by atoms with van der Waals surface area (Å²) in [6.07, 6.45) is 0.569. The normalized spacial score (nSPS) is 11.0. The number of hydrogen-bond donors (Lipinski definition) is 3. The first-order valence-electron chi connectivity index (χ1n) is 7.98. The summed E-state index contributed by atoms with van der Waals surface area (Å²) in [6, 6.07) is 6.86. The molecule has 0 saturated heterocycles. The van der Waals surface area contributed by atoms with Crippen LogP contribution in [0.1, 0.15) is 28.2 Å². The molecule has 0 atom stereocenters. The quantitative estimate of drug-likeness (QED) is 0.654. The first-order valence-corrected chi connectivity index (χ1v) is 8.80. The summed E-state index contributed by atoms with van der Waals surface area (Å²) in [5, 5.41) is 13.1. The molecule has 1 amide bonds. The van der Waals surface area contributed by atoms with Gasteiger partial charge in [0.2, 0.25) is 5.91 Å². The van der Waals surface area contributed by atoms with Gasteiger partial charge in [-0.1, -0.05) is 18.2 Å². The fraction of sp³-hybridized carbons (Fsp3) is 0.278. The van der Waals surface area contributed by atoms with Gasteiger partial charge >= 0.3 is 0 Å². The smallest absolute Gasteiger partial charge is 0.259 e. The van der Waals surface area contributed by atoms with Crippen molar-refractivity contribution in [1.82, 2.24) is 15.3 Å². The molecule has 0 aliphatic rings. The number of fused-ring (bicyclic) bond motifs is 1. The van der Waals surface area contributed by atoms with Gasteiger partial charge in [-0.15, -0.1) is 11.3 Å². The highest BCUT2D eigenvalue weighted by Crippen LogP contribution is 2.25. The van der Waals surface area contributed by atoms with Gasteiger partial charge in [-0.2, -0.15) is 0 Å². The van der Waals surface area contributed by atoms with E-state index in [-0.39, 0.29) is 30.2 Å². The Morgan fingerprint density at radius 1 is 1.32 bits per heavy atom. The summed E-state index contributed by atoms with van der Waals surface area (Å²) in [5.74, 6) is 0.503. The zero-order chi connectivity index (χ0) is 18.0. The SMILES string of the molecule is Cc1sc2nc(CCC(=O)NCc3ccccc3O)[nH]c(=O)c2c1C. The van der Waals surface area contributed by atoms with E-state index in [4.69, 9.17) is 0 Å². The van der Waals surface area contributed by atoms with Crippen LogP contribution in [0.2, 0.25) is 0 Å². The monoisotopic (exact) mass is 357 g/mol. The number of phenolic OH excluding ortho intramolecular Hbond substituents is 1. The number of para-hydroxylation sites is 1. The Balaban J connectivity index is 1.63. The third kappa shape index (κ3) is 3.71. The minimum atomic E-state index is -0.162. The first kappa shape index (κ1) is 17.2. The van der Waals surface area contributed by atoms with Crippen LogP contribution in [-0.2, 0) is 17.8 Å². The number of carbonyl (C=O) groups is 1. The number of benzene rings is 1. The number of nitrogens with zero attached hydrogens (tertiary/aromatic N) is 1. The van der Waals surface area contributed by atoms with Gasteiger partial charge in [0.15, 0.2) is 0 Å². The second kappa shape index (κ2) is 7.06. The van der Waals surface area contributed by atoms with Crippen molar-refractivity contribution in [2.45, 2.75) is 33.2 Å². The molecule has 6 nitrogen and oxygen atoms in total. The highest BCUT2D eigenvalue weighted by atomic mass is 32.1. The van der Waals surface area contributed by atoms with E-state index in [1.165, 1.54) is 11.3 Å². The van der Waals surface area contributed by atoms with Crippen molar-refractivity contribution in [2.75, 3.05) is 0 Å². The number of hydrogen-bond acceptors (Lipinski definition) is 5. The number of aromatic nitrogens is 2. The van der Waals surface area contributed by atoms with Crippen molar-refractivity contribution in [3.8, 4) is 5.75 Å². The third-order valence-corrected chi connectivity index (χ3v) is 5.25. The van der Waals surface area contributed by atoms with Gasteiger partial charge < -0.3 is 15.4 Å². The Kier molecular flexibility index (Phi) is 4.85. The zero-order valence-electron chi connectivity index (χ0n) is 14.0. The maximum Gasteiger partial charge on any atom is 0.259 e. The Labute approximate surface area is 148 Å². The summed E-state index contributed by atoms with van der Waals surface area (Å²) in [6.45, 7) is 4.14. The number of phenols is 1. The minimum Gasteiger partial charge on any atom is -0.508 e. The molecule has 2 heterocycles. The Morgan fingerprint density at radius 3 is 2.84 bits per heavy atom. The molecule has 0 aliphatic carbocycles. The molecule has 3 rings (SSSR count).